The van der Waals surface area contributed by atoms with Gasteiger partial charge in [0.15, 0.2) is 11.6 Å². The van der Waals surface area contributed by atoms with Gasteiger partial charge in [0.25, 0.3) is 0 Å². The first-order chi connectivity index (χ1) is 16.0. The summed E-state index contributed by atoms with van der Waals surface area (Å²) in [5, 5.41) is 18.7. The first-order valence-corrected chi connectivity index (χ1v) is 11.2. The highest BCUT2D eigenvalue weighted by atomic mass is 19.1. The Morgan fingerprint density at radius 1 is 1.27 bits per heavy atom. The SMILES string of the molecule is C=Cc1cc2c(N[C@H]3C4CCC(CC4)[C@@H]3C(=O)O)nc(-c3c[nH]c4ncc(F)cc34)nn2c1. The first-order valence-electron chi connectivity index (χ1n) is 11.2. The Bertz CT molecular complexity index is 1400. The van der Waals surface area contributed by atoms with E-state index in [1.807, 2.05) is 12.3 Å². The molecule has 0 spiro atoms. The number of fused-ring (bicyclic) bond motifs is 5. The summed E-state index contributed by atoms with van der Waals surface area (Å²) in [6.45, 7) is 3.85. The molecule has 7 rings (SSSR count). The molecule has 3 aliphatic rings. The number of aliphatic carboxylic acids is 1. The molecule has 3 aliphatic carbocycles. The molecule has 0 aliphatic heterocycles. The highest BCUT2D eigenvalue weighted by Crippen LogP contribution is 2.46. The number of aromatic amines is 1. The first kappa shape index (κ1) is 19.9. The van der Waals surface area contributed by atoms with Gasteiger partial charge in [-0.1, -0.05) is 12.7 Å². The van der Waals surface area contributed by atoms with Gasteiger partial charge in [-0.15, -0.1) is 5.10 Å². The predicted molar refractivity (Wildman–Crippen MR) is 122 cm³/mol. The third-order valence-corrected chi connectivity index (χ3v) is 7.27. The second-order valence-corrected chi connectivity index (χ2v) is 9.05. The summed E-state index contributed by atoms with van der Waals surface area (Å²) in [5.74, 6) is -0.224. The zero-order valence-corrected chi connectivity index (χ0v) is 17.8. The Balaban J connectivity index is 1.49. The Morgan fingerprint density at radius 2 is 2.06 bits per heavy atom. The maximum Gasteiger partial charge on any atom is 0.308 e. The van der Waals surface area contributed by atoms with Gasteiger partial charge in [-0.2, -0.15) is 0 Å². The molecule has 0 unspecified atom stereocenters. The molecule has 2 atom stereocenters. The highest BCUT2D eigenvalue weighted by molar-refractivity contribution is 5.92. The molecule has 2 bridgehead atoms. The minimum Gasteiger partial charge on any atom is -0.481 e. The number of carboxylic acids is 1. The van der Waals surface area contributed by atoms with Crippen molar-refractivity contribution in [3.8, 4) is 11.4 Å². The number of anilines is 1. The number of H-pyrrole nitrogens is 1. The highest BCUT2D eigenvalue weighted by Gasteiger charge is 2.47. The number of hydrogen-bond acceptors (Lipinski definition) is 5. The monoisotopic (exact) mass is 446 g/mol. The maximum atomic E-state index is 13.9. The van der Waals surface area contributed by atoms with Gasteiger partial charge in [0.1, 0.15) is 17.0 Å². The summed E-state index contributed by atoms with van der Waals surface area (Å²) in [7, 11) is 0. The molecule has 0 saturated heterocycles. The topological polar surface area (TPSA) is 108 Å². The summed E-state index contributed by atoms with van der Waals surface area (Å²) in [5.41, 5.74) is 2.77. The van der Waals surface area contributed by atoms with Crippen LogP contribution in [0.1, 0.15) is 31.2 Å². The van der Waals surface area contributed by atoms with E-state index in [0.29, 0.717) is 28.2 Å². The third-order valence-electron chi connectivity index (χ3n) is 7.27. The van der Waals surface area contributed by atoms with E-state index in [2.05, 4.69) is 27.0 Å². The quantitative estimate of drug-likeness (QED) is 0.421. The molecule has 3 saturated carbocycles. The van der Waals surface area contributed by atoms with Crippen LogP contribution < -0.4 is 5.32 Å². The molecule has 3 N–H and O–H groups in total. The van der Waals surface area contributed by atoms with Crippen LogP contribution in [0.4, 0.5) is 10.2 Å². The van der Waals surface area contributed by atoms with E-state index in [0.717, 1.165) is 43.0 Å². The molecular formula is C24H23FN6O2. The minimum atomic E-state index is -0.757. The third kappa shape index (κ3) is 3.18. The fourth-order valence-corrected chi connectivity index (χ4v) is 5.68. The van der Waals surface area contributed by atoms with Gasteiger partial charge in [0.05, 0.1) is 12.1 Å². The number of pyridine rings is 1. The van der Waals surface area contributed by atoms with Gasteiger partial charge >= 0.3 is 5.97 Å². The van der Waals surface area contributed by atoms with Crippen LogP contribution in [-0.4, -0.2) is 41.7 Å². The van der Waals surface area contributed by atoms with Crippen LogP contribution in [0, 0.1) is 23.6 Å². The summed E-state index contributed by atoms with van der Waals surface area (Å²) < 4.78 is 15.6. The van der Waals surface area contributed by atoms with E-state index in [1.165, 1.54) is 6.07 Å². The molecule has 168 valence electrons. The molecule has 0 aromatic carbocycles. The van der Waals surface area contributed by atoms with Crippen molar-refractivity contribution in [1.82, 2.24) is 24.6 Å². The number of aromatic nitrogens is 5. The van der Waals surface area contributed by atoms with Gasteiger partial charge in [-0.3, -0.25) is 4.79 Å². The number of halogens is 1. The van der Waals surface area contributed by atoms with E-state index >= 15 is 0 Å². The molecular weight excluding hydrogens is 423 g/mol. The number of nitrogens with one attached hydrogen (secondary N) is 2. The standard InChI is InChI=1S/C24H23FN6O2/c1-2-12-7-18-23(28-20-14-5-3-13(4-6-14)19(20)24(32)33)29-22(30-31(18)11-12)17-10-27-21-16(17)8-15(25)9-26-21/h2,7-11,13-14,19-20H,1,3-6H2,(H,26,27)(H,32,33)(H,28,29,30)/t13?,14?,19-,20-/m0/s1. The lowest BCUT2D eigenvalue weighted by molar-refractivity contribution is -0.148. The predicted octanol–water partition coefficient (Wildman–Crippen LogP) is 4.36. The molecule has 8 nitrogen and oxygen atoms in total. The summed E-state index contributed by atoms with van der Waals surface area (Å²) in [6.07, 6.45) is 10.4. The maximum absolute atomic E-state index is 13.9. The van der Waals surface area contributed by atoms with Gasteiger partial charge in [0.2, 0.25) is 0 Å². The van der Waals surface area contributed by atoms with Crippen molar-refractivity contribution < 1.29 is 14.3 Å². The molecule has 4 heterocycles. The van der Waals surface area contributed by atoms with Crippen molar-refractivity contribution in [3.05, 3.63) is 48.7 Å². The molecule has 9 heteroatoms. The number of rotatable bonds is 5. The summed E-state index contributed by atoms with van der Waals surface area (Å²) >= 11 is 0. The van der Waals surface area contributed by atoms with Crippen LogP contribution in [0.15, 0.2) is 37.3 Å². The molecule has 0 radical (unpaired) electrons. The van der Waals surface area contributed by atoms with E-state index in [-0.39, 0.29) is 17.9 Å². The zero-order chi connectivity index (χ0) is 22.7. The molecule has 3 fully saturated rings. The van der Waals surface area contributed by atoms with Crippen LogP contribution in [-0.2, 0) is 4.79 Å². The molecule has 4 aromatic rings. The van der Waals surface area contributed by atoms with Crippen LogP contribution in [0.25, 0.3) is 34.0 Å². The van der Waals surface area contributed by atoms with Crippen LogP contribution in [0.5, 0.6) is 0 Å². The van der Waals surface area contributed by atoms with Crippen molar-refractivity contribution in [3.63, 3.8) is 0 Å². The van der Waals surface area contributed by atoms with E-state index in [9.17, 15) is 14.3 Å². The van der Waals surface area contributed by atoms with Gasteiger partial charge in [-0.25, -0.2) is 18.9 Å². The zero-order valence-electron chi connectivity index (χ0n) is 17.8. The Morgan fingerprint density at radius 3 is 2.82 bits per heavy atom. The van der Waals surface area contributed by atoms with Crippen molar-refractivity contribution >= 4 is 34.4 Å². The average molecular weight is 446 g/mol. The summed E-state index contributed by atoms with van der Waals surface area (Å²) in [6, 6.07) is 3.12. The second-order valence-electron chi connectivity index (χ2n) is 9.05. The normalized spacial score (nSPS) is 24.4. The van der Waals surface area contributed by atoms with Crippen molar-refractivity contribution in [2.24, 2.45) is 17.8 Å². The van der Waals surface area contributed by atoms with Crippen LogP contribution in [0.2, 0.25) is 0 Å². The van der Waals surface area contributed by atoms with Gasteiger partial charge in [-0.05, 0) is 55.2 Å². The van der Waals surface area contributed by atoms with E-state index in [1.54, 1.807) is 16.8 Å². The van der Waals surface area contributed by atoms with Crippen molar-refractivity contribution in [2.75, 3.05) is 5.32 Å². The number of carboxylic acid groups (broad SMARTS) is 1. The Kier molecular flexibility index (Phi) is 4.46. The van der Waals surface area contributed by atoms with Gasteiger partial charge in [0, 0.05) is 29.4 Å². The minimum absolute atomic E-state index is 0.181. The molecule has 33 heavy (non-hydrogen) atoms. The van der Waals surface area contributed by atoms with Crippen LogP contribution in [0.3, 0.4) is 0 Å². The molecule has 4 aromatic heterocycles. The van der Waals surface area contributed by atoms with Gasteiger partial charge < -0.3 is 15.4 Å². The Labute approximate surface area is 188 Å². The number of hydrogen-bond donors (Lipinski definition) is 3. The van der Waals surface area contributed by atoms with E-state index < -0.39 is 17.7 Å². The number of carbonyl (C=O) groups is 1. The second kappa shape index (κ2) is 7.40. The lowest BCUT2D eigenvalue weighted by Gasteiger charge is -2.47. The molecule has 0 amide bonds. The Hall–Kier alpha value is -3.75. The fraction of sp³-hybridized carbons (Fsp3) is 0.333. The number of nitrogens with zero attached hydrogens (tertiary/aromatic N) is 4. The lowest BCUT2D eigenvalue weighted by Crippen LogP contribution is -2.51. The van der Waals surface area contributed by atoms with E-state index in [4.69, 9.17) is 4.98 Å². The largest absolute Gasteiger partial charge is 0.481 e. The van der Waals surface area contributed by atoms with Crippen LogP contribution >= 0.6 is 0 Å². The summed E-state index contributed by atoms with van der Waals surface area (Å²) in [4.78, 5) is 24.1. The fourth-order valence-electron chi connectivity index (χ4n) is 5.68. The van der Waals surface area contributed by atoms with Crippen molar-refractivity contribution in [2.45, 2.75) is 31.7 Å². The smallest absolute Gasteiger partial charge is 0.308 e. The van der Waals surface area contributed by atoms with Crippen molar-refractivity contribution in [1.29, 1.82) is 0 Å². The lowest BCUT2D eigenvalue weighted by atomic mass is 9.61. The average Bonchev–Trinajstić information content (AvgIpc) is 3.43.